The van der Waals surface area contributed by atoms with Crippen molar-refractivity contribution in [1.82, 2.24) is 4.72 Å². The van der Waals surface area contributed by atoms with E-state index in [0.29, 0.717) is 17.4 Å². The topological polar surface area (TPSA) is 72.2 Å². The van der Waals surface area contributed by atoms with Gasteiger partial charge in [-0.1, -0.05) is 32.9 Å². The van der Waals surface area contributed by atoms with Gasteiger partial charge in [-0.3, -0.25) is 0 Å². The molecule has 1 aromatic carbocycles. The Morgan fingerprint density at radius 2 is 1.79 bits per heavy atom. The van der Waals surface area contributed by atoms with Crippen LogP contribution in [0.3, 0.4) is 0 Å². The molecule has 3 N–H and O–H groups in total. The molecule has 0 saturated heterocycles. The van der Waals surface area contributed by atoms with Crippen LogP contribution < -0.4 is 10.5 Å². The van der Waals surface area contributed by atoms with Crippen molar-refractivity contribution in [3.05, 3.63) is 29.8 Å². The summed E-state index contributed by atoms with van der Waals surface area (Å²) >= 11 is 0. The summed E-state index contributed by atoms with van der Waals surface area (Å²) in [5, 5.41) is 0. The summed E-state index contributed by atoms with van der Waals surface area (Å²) in [6.45, 7) is 6.44. The van der Waals surface area contributed by atoms with E-state index in [1.54, 1.807) is 19.1 Å². The number of nitrogens with one attached hydrogen (secondary N) is 1. The number of benzene rings is 1. The maximum absolute atomic E-state index is 11.8. The third-order valence-electron chi connectivity index (χ3n) is 2.84. The normalized spacial score (nSPS) is 13.7. The molecule has 0 fully saturated rings. The summed E-state index contributed by atoms with van der Waals surface area (Å²) in [6.07, 6.45) is 1.75. The smallest absolute Gasteiger partial charge is 0.240 e. The first-order valence-corrected chi connectivity index (χ1v) is 8.17. The highest BCUT2D eigenvalue weighted by Gasteiger charge is 2.12. The monoisotopic (exact) mass is 284 g/mol. The quantitative estimate of drug-likeness (QED) is 0.803. The van der Waals surface area contributed by atoms with Crippen LogP contribution >= 0.6 is 0 Å². The molecule has 0 aliphatic rings. The molecular formula is C14H24N2O2S. The summed E-state index contributed by atoms with van der Waals surface area (Å²) in [6, 6.07) is 7.07. The molecule has 0 spiro atoms. The fourth-order valence-electron chi connectivity index (χ4n) is 2.07. The van der Waals surface area contributed by atoms with Crippen LogP contribution in [0.5, 0.6) is 0 Å². The second-order valence-electron chi connectivity index (χ2n) is 5.24. The van der Waals surface area contributed by atoms with E-state index >= 15 is 0 Å². The lowest BCUT2D eigenvalue weighted by Crippen LogP contribution is -2.25. The van der Waals surface area contributed by atoms with Gasteiger partial charge < -0.3 is 5.73 Å². The van der Waals surface area contributed by atoms with E-state index in [1.807, 2.05) is 12.1 Å². The Hall–Kier alpha value is -0.910. The van der Waals surface area contributed by atoms with Crippen molar-refractivity contribution in [2.45, 2.75) is 44.6 Å². The minimum Gasteiger partial charge on any atom is -0.327 e. The van der Waals surface area contributed by atoms with Crippen molar-refractivity contribution in [2.24, 2.45) is 11.7 Å². The Morgan fingerprint density at radius 1 is 1.21 bits per heavy atom. The predicted molar refractivity (Wildman–Crippen MR) is 78.4 cm³/mol. The molecule has 0 aliphatic carbocycles. The molecule has 1 unspecified atom stereocenters. The van der Waals surface area contributed by atoms with Crippen LogP contribution in [0, 0.1) is 5.92 Å². The zero-order chi connectivity index (χ0) is 14.5. The largest absolute Gasteiger partial charge is 0.327 e. The van der Waals surface area contributed by atoms with Gasteiger partial charge in [0.25, 0.3) is 0 Å². The Labute approximate surface area is 116 Å². The van der Waals surface area contributed by atoms with Crippen LogP contribution in [-0.4, -0.2) is 21.0 Å². The summed E-state index contributed by atoms with van der Waals surface area (Å²) in [4.78, 5) is 0.301. The molecule has 5 heteroatoms. The Morgan fingerprint density at radius 3 is 2.26 bits per heavy atom. The van der Waals surface area contributed by atoms with Crippen LogP contribution in [0.2, 0.25) is 0 Å². The van der Waals surface area contributed by atoms with Crippen molar-refractivity contribution < 1.29 is 8.42 Å². The highest BCUT2D eigenvalue weighted by atomic mass is 32.2. The lowest BCUT2D eigenvalue weighted by molar-refractivity contribution is 0.493. The minimum atomic E-state index is -3.36. The van der Waals surface area contributed by atoms with Gasteiger partial charge in [-0.25, -0.2) is 13.1 Å². The van der Waals surface area contributed by atoms with Gasteiger partial charge in [-0.05, 0) is 36.5 Å². The first-order valence-electron chi connectivity index (χ1n) is 6.69. The predicted octanol–water partition coefficient (Wildman–Crippen LogP) is 1.90. The lowest BCUT2D eigenvalue weighted by atomic mass is 9.98. The molecule has 0 amide bonds. The van der Waals surface area contributed by atoms with E-state index in [-0.39, 0.29) is 6.04 Å². The molecule has 0 radical (unpaired) electrons. The Bertz CT molecular complexity index is 481. The van der Waals surface area contributed by atoms with E-state index in [9.17, 15) is 8.42 Å². The molecule has 0 bridgehead atoms. The van der Waals surface area contributed by atoms with E-state index < -0.39 is 10.0 Å². The number of sulfonamides is 1. The van der Waals surface area contributed by atoms with Gasteiger partial charge in [0.15, 0.2) is 0 Å². The van der Waals surface area contributed by atoms with Crippen molar-refractivity contribution in [3.8, 4) is 0 Å². The van der Waals surface area contributed by atoms with E-state index in [0.717, 1.165) is 18.4 Å². The van der Waals surface area contributed by atoms with Crippen LogP contribution in [-0.2, 0) is 16.4 Å². The average Bonchev–Trinajstić information content (AvgIpc) is 2.28. The van der Waals surface area contributed by atoms with Crippen LogP contribution in [0.1, 0.15) is 32.8 Å². The van der Waals surface area contributed by atoms with Crippen molar-refractivity contribution in [2.75, 3.05) is 6.54 Å². The SMILES string of the molecule is CCNS(=O)(=O)c1ccc(CC(N)CC(C)C)cc1. The summed E-state index contributed by atoms with van der Waals surface area (Å²) < 4.78 is 26.0. The van der Waals surface area contributed by atoms with Crippen LogP contribution in [0.25, 0.3) is 0 Å². The van der Waals surface area contributed by atoms with E-state index in [2.05, 4.69) is 18.6 Å². The fraction of sp³-hybridized carbons (Fsp3) is 0.571. The maximum atomic E-state index is 11.8. The molecule has 0 heterocycles. The number of rotatable bonds is 7. The van der Waals surface area contributed by atoms with Gasteiger partial charge in [0.2, 0.25) is 10.0 Å². The third kappa shape index (κ3) is 5.30. The highest BCUT2D eigenvalue weighted by Crippen LogP contribution is 2.13. The van der Waals surface area contributed by atoms with Crippen molar-refractivity contribution in [3.63, 3.8) is 0 Å². The van der Waals surface area contributed by atoms with Gasteiger partial charge in [-0.15, -0.1) is 0 Å². The van der Waals surface area contributed by atoms with Crippen LogP contribution in [0.4, 0.5) is 0 Å². The number of hydrogen-bond acceptors (Lipinski definition) is 3. The molecule has 108 valence electrons. The first-order chi connectivity index (χ1) is 8.85. The molecule has 1 aromatic rings. The zero-order valence-electron chi connectivity index (χ0n) is 11.9. The maximum Gasteiger partial charge on any atom is 0.240 e. The van der Waals surface area contributed by atoms with Gasteiger partial charge in [0.05, 0.1) is 4.90 Å². The molecule has 0 saturated carbocycles. The van der Waals surface area contributed by atoms with Gasteiger partial charge >= 0.3 is 0 Å². The van der Waals surface area contributed by atoms with Crippen LogP contribution in [0.15, 0.2) is 29.2 Å². The molecule has 4 nitrogen and oxygen atoms in total. The third-order valence-corrected chi connectivity index (χ3v) is 4.40. The van der Waals surface area contributed by atoms with Gasteiger partial charge in [0, 0.05) is 12.6 Å². The lowest BCUT2D eigenvalue weighted by Gasteiger charge is -2.14. The fourth-order valence-corrected chi connectivity index (χ4v) is 3.11. The molecule has 1 rings (SSSR count). The zero-order valence-corrected chi connectivity index (χ0v) is 12.7. The molecular weight excluding hydrogens is 260 g/mol. The van der Waals surface area contributed by atoms with Crippen molar-refractivity contribution >= 4 is 10.0 Å². The molecule has 0 aromatic heterocycles. The summed E-state index contributed by atoms with van der Waals surface area (Å²) in [5.74, 6) is 0.573. The summed E-state index contributed by atoms with van der Waals surface area (Å²) in [7, 11) is -3.36. The first kappa shape index (κ1) is 16.1. The minimum absolute atomic E-state index is 0.122. The Balaban J connectivity index is 2.72. The van der Waals surface area contributed by atoms with Gasteiger partial charge in [0.1, 0.15) is 0 Å². The number of hydrogen-bond donors (Lipinski definition) is 2. The molecule has 0 aliphatic heterocycles. The highest BCUT2D eigenvalue weighted by molar-refractivity contribution is 7.89. The summed E-state index contributed by atoms with van der Waals surface area (Å²) in [5.41, 5.74) is 7.12. The average molecular weight is 284 g/mol. The van der Waals surface area contributed by atoms with E-state index in [1.165, 1.54) is 0 Å². The number of nitrogens with two attached hydrogens (primary N) is 1. The van der Waals surface area contributed by atoms with Gasteiger partial charge in [-0.2, -0.15) is 0 Å². The van der Waals surface area contributed by atoms with Crippen molar-refractivity contribution in [1.29, 1.82) is 0 Å². The molecule has 1 atom stereocenters. The second-order valence-corrected chi connectivity index (χ2v) is 7.01. The van der Waals surface area contributed by atoms with E-state index in [4.69, 9.17) is 5.73 Å². The standard InChI is InChI=1S/C14H24N2O2S/c1-4-16-19(17,18)14-7-5-12(6-8-14)10-13(15)9-11(2)3/h5-8,11,13,16H,4,9-10,15H2,1-3H3. The Kier molecular flexibility index (Phi) is 5.97. The second kappa shape index (κ2) is 7.03. The molecule has 19 heavy (non-hydrogen) atoms.